The second kappa shape index (κ2) is 4.09. The molecule has 2 rings (SSSR count). The SMILES string of the molecule is NC(=O)c1nn(C(=O)c2ccccc2)cc1N. The third-order valence-corrected chi connectivity index (χ3v) is 2.20. The highest BCUT2D eigenvalue weighted by molar-refractivity contribution is 5.99. The Kier molecular flexibility index (Phi) is 2.61. The summed E-state index contributed by atoms with van der Waals surface area (Å²) in [5.74, 6) is -1.13. The molecule has 0 fully saturated rings. The molecule has 1 aromatic heterocycles. The van der Waals surface area contributed by atoms with Crippen molar-refractivity contribution < 1.29 is 9.59 Å². The number of anilines is 1. The van der Waals surface area contributed by atoms with Gasteiger partial charge >= 0.3 is 0 Å². The van der Waals surface area contributed by atoms with E-state index in [1.807, 2.05) is 0 Å². The van der Waals surface area contributed by atoms with Crippen molar-refractivity contribution in [2.24, 2.45) is 5.73 Å². The van der Waals surface area contributed by atoms with E-state index >= 15 is 0 Å². The fourth-order valence-electron chi connectivity index (χ4n) is 1.40. The van der Waals surface area contributed by atoms with Crippen LogP contribution in [0.1, 0.15) is 20.8 Å². The van der Waals surface area contributed by atoms with Crippen LogP contribution in [0.2, 0.25) is 0 Å². The lowest BCUT2D eigenvalue weighted by Gasteiger charge is -1.98. The molecule has 86 valence electrons. The Morgan fingerprint density at radius 1 is 1.18 bits per heavy atom. The minimum atomic E-state index is -0.762. The molecule has 1 amide bonds. The molecule has 0 unspecified atom stereocenters. The fraction of sp³-hybridized carbons (Fsp3) is 0. The Bertz CT molecular complexity index is 574. The molecule has 0 aliphatic carbocycles. The number of nitrogens with zero attached hydrogens (tertiary/aromatic N) is 2. The van der Waals surface area contributed by atoms with Crippen LogP contribution < -0.4 is 11.5 Å². The average Bonchev–Trinajstić information content (AvgIpc) is 2.71. The van der Waals surface area contributed by atoms with Gasteiger partial charge in [0.25, 0.3) is 11.8 Å². The lowest BCUT2D eigenvalue weighted by molar-refractivity contribution is 0.0943. The van der Waals surface area contributed by atoms with Crippen molar-refractivity contribution in [3.63, 3.8) is 0 Å². The molecule has 0 bridgehead atoms. The number of primary amides is 1. The lowest BCUT2D eigenvalue weighted by Crippen LogP contribution is -2.16. The molecule has 2 aromatic rings. The summed E-state index contributed by atoms with van der Waals surface area (Å²) in [7, 11) is 0. The van der Waals surface area contributed by atoms with Crippen LogP contribution in [0.3, 0.4) is 0 Å². The number of hydrogen-bond donors (Lipinski definition) is 2. The van der Waals surface area contributed by atoms with Gasteiger partial charge in [0, 0.05) is 5.56 Å². The predicted octanol–water partition coefficient (Wildman–Crippen LogP) is 0.253. The zero-order chi connectivity index (χ0) is 12.4. The van der Waals surface area contributed by atoms with Crippen molar-refractivity contribution >= 4 is 17.5 Å². The normalized spacial score (nSPS) is 10.1. The Morgan fingerprint density at radius 3 is 2.35 bits per heavy atom. The van der Waals surface area contributed by atoms with Crippen molar-refractivity contribution in [2.75, 3.05) is 5.73 Å². The minimum Gasteiger partial charge on any atom is -0.395 e. The number of nitrogens with two attached hydrogens (primary N) is 2. The van der Waals surface area contributed by atoms with Gasteiger partial charge in [-0.25, -0.2) is 4.68 Å². The van der Waals surface area contributed by atoms with Gasteiger partial charge in [0.15, 0.2) is 5.69 Å². The third-order valence-electron chi connectivity index (χ3n) is 2.20. The number of benzene rings is 1. The summed E-state index contributed by atoms with van der Waals surface area (Å²) in [4.78, 5) is 22.9. The first-order valence-electron chi connectivity index (χ1n) is 4.84. The van der Waals surface area contributed by atoms with E-state index in [1.54, 1.807) is 30.3 Å². The lowest BCUT2D eigenvalue weighted by atomic mass is 10.2. The van der Waals surface area contributed by atoms with E-state index in [1.165, 1.54) is 6.20 Å². The molecule has 0 aliphatic heterocycles. The van der Waals surface area contributed by atoms with Crippen LogP contribution in [0.5, 0.6) is 0 Å². The van der Waals surface area contributed by atoms with Crippen molar-refractivity contribution in [2.45, 2.75) is 0 Å². The standard InChI is InChI=1S/C11H10N4O2/c12-8-6-15(14-9(8)10(13)16)11(17)7-4-2-1-3-5-7/h1-6H,12H2,(H2,13,16). The molecule has 0 saturated heterocycles. The Hall–Kier alpha value is -2.63. The molecular formula is C11H10N4O2. The maximum atomic E-state index is 11.9. The van der Waals surface area contributed by atoms with Gasteiger partial charge in [0.1, 0.15) is 0 Å². The summed E-state index contributed by atoms with van der Waals surface area (Å²) in [5, 5.41) is 3.75. The van der Waals surface area contributed by atoms with Gasteiger partial charge < -0.3 is 11.5 Å². The molecular weight excluding hydrogens is 220 g/mol. The fourth-order valence-corrected chi connectivity index (χ4v) is 1.40. The smallest absolute Gasteiger partial charge is 0.278 e. The van der Waals surface area contributed by atoms with E-state index in [2.05, 4.69) is 5.10 Å². The summed E-state index contributed by atoms with van der Waals surface area (Å²) in [5.41, 5.74) is 11.0. The quantitative estimate of drug-likeness (QED) is 0.771. The van der Waals surface area contributed by atoms with Gasteiger partial charge in [-0.05, 0) is 12.1 Å². The number of amides is 1. The van der Waals surface area contributed by atoms with Crippen molar-refractivity contribution in [3.8, 4) is 0 Å². The van der Waals surface area contributed by atoms with E-state index < -0.39 is 5.91 Å². The minimum absolute atomic E-state index is 0.0850. The van der Waals surface area contributed by atoms with Gasteiger partial charge in [0.2, 0.25) is 0 Å². The second-order valence-electron chi connectivity index (χ2n) is 3.41. The van der Waals surface area contributed by atoms with Crippen LogP contribution in [-0.4, -0.2) is 21.6 Å². The van der Waals surface area contributed by atoms with E-state index in [0.717, 1.165) is 4.68 Å². The van der Waals surface area contributed by atoms with Crippen LogP contribution in [0, 0.1) is 0 Å². The third kappa shape index (κ3) is 2.00. The number of aromatic nitrogens is 2. The summed E-state index contributed by atoms with van der Waals surface area (Å²) >= 11 is 0. The van der Waals surface area contributed by atoms with E-state index in [4.69, 9.17) is 11.5 Å². The summed E-state index contributed by atoms with van der Waals surface area (Å²) in [6.07, 6.45) is 1.27. The summed E-state index contributed by atoms with van der Waals surface area (Å²) in [6.45, 7) is 0. The monoisotopic (exact) mass is 230 g/mol. The first kappa shape index (κ1) is 10.9. The zero-order valence-electron chi connectivity index (χ0n) is 8.83. The van der Waals surface area contributed by atoms with Gasteiger partial charge in [-0.3, -0.25) is 9.59 Å². The highest BCUT2D eigenvalue weighted by atomic mass is 16.2. The average molecular weight is 230 g/mol. The number of carbonyl (C=O) groups is 2. The molecule has 17 heavy (non-hydrogen) atoms. The molecule has 0 radical (unpaired) electrons. The number of nitrogen functional groups attached to an aromatic ring is 1. The maximum absolute atomic E-state index is 11.9. The van der Waals surface area contributed by atoms with Gasteiger partial charge in [0.05, 0.1) is 11.9 Å². The van der Waals surface area contributed by atoms with Crippen LogP contribution in [0.25, 0.3) is 0 Å². The number of rotatable bonds is 2. The van der Waals surface area contributed by atoms with Crippen LogP contribution in [0.15, 0.2) is 36.5 Å². The molecule has 0 atom stereocenters. The molecule has 6 heteroatoms. The second-order valence-corrected chi connectivity index (χ2v) is 3.41. The van der Waals surface area contributed by atoms with Crippen LogP contribution >= 0.6 is 0 Å². The molecule has 4 N–H and O–H groups in total. The largest absolute Gasteiger partial charge is 0.395 e. The van der Waals surface area contributed by atoms with E-state index in [0.29, 0.717) is 5.56 Å². The Balaban J connectivity index is 2.39. The number of carbonyl (C=O) groups excluding carboxylic acids is 2. The predicted molar refractivity (Wildman–Crippen MR) is 61.3 cm³/mol. The van der Waals surface area contributed by atoms with Gasteiger partial charge in [-0.15, -0.1) is 0 Å². The first-order valence-corrected chi connectivity index (χ1v) is 4.84. The maximum Gasteiger partial charge on any atom is 0.278 e. The Labute approximate surface area is 96.8 Å². The highest BCUT2D eigenvalue weighted by Crippen LogP contribution is 2.10. The van der Waals surface area contributed by atoms with Crippen LogP contribution in [-0.2, 0) is 0 Å². The number of hydrogen-bond acceptors (Lipinski definition) is 4. The van der Waals surface area contributed by atoms with Gasteiger partial charge in [-0.2, -0.15) is 5.10 Å². The Morgan fingerprint density at radius 2 is 1.82 bits per heavy atom. The first-order chi connectivity index (χ1) is 8.09. The topological polar surface area (TPSA) is 104 Å². The van der Waals surface area contributed by atoms with Crippen molar-refractivity contribution in [1.82, 2.24) is 9.78 Å². The molecule has 6 nitrogen and oxygen atoms in total. The summed E-state index contributed by atoms with van der Waals surface area (Å²) in [6, 6.07) is 8.54. The molecule has 1 heterocycles. The molecule has 0 saturated carbocycles. The highest BCUT2D eigenvalue weighted by Gasteiger charge is 2.16. The van der Waals surface area contributed by atoms with Crippen LogP contribution in [0.4, 0.5) is 5.69 Å². The molecule has 1 aromatic carbocycles. The molecule has 0 aliphatic rings. The summed E-state index contributed by atoms with van der Waals surface area (Å²) < 4.78 is 1.00. The van der Waals surface area contributed by atoms with Gasteiger partial charge in [-0.1, -0.05) is 18.2 Å². The molecule has 0 spiro atoms. The zero-order valence-corrected chi connectivity index (χ0v) is 8.83. The van der Waals surface area contributed by atoms with Crippen molar-refractivity contribution in [3.05, 3.63) is 47.8 Å². The van der Waals surface area contributed by atoms with Crippen molar-refractivity contribution in [1.29, 1.82) is 0 Å². The van der Waals surface area contributed by atoms with E-state index in [-0.39, 0.29) is 17.3 Å². The van der Waals surface area contributed by atoms with E-state index in [9.17, 15) is 9.59 Å².